The molecule has 156 valence electrons. The molecule has 2 aromatic carbocycles. The fourth-order valence-electron chi connectivity index (χ4n) is 2.70. The Balaban J connectivity index is 1.68. The van der Waals surface area contributed by atoms with Gasteiger partial charge in [0.2, 0.25) is 0 Å². The smallest absolute Gasteiger partial charge is 0.344 e. The van der Waals surface area contributed by atoms with Crippen molar-refractivity contribution in [2.75, 3.05) is 24.7 Å². The lowest BCUT2D eigenvalue weighted by molar-refractivity contribution is -0.145. The second kappa shape index (κ2) is 10.3. The number of amides is 1. The molecule has 3 rings (SSSR count). The molecule has 1 aliphatic heterocycles. The van der Waals surface area contributed by atoms with Crippen molar-refractivity contribution in [3.8, 4) is 11.5 Å². The molecular formula is C22H21NO5S2. The highest BCUT2D eigenvalue weighted by Gasteiger charge is 2.33. The third kappa shape index (κ3) is 5.40. The molecule has 0 bridgehead atoms. The first-order chi connectivity index (χ1) is 14.5. The third-order valence-electron chi connectivity index (χ3n) is 4.04. The van der Waals surface area contributed by atoms with Gasteiger partial charge in [-0.3, -0.25) is 9.69 Å². The first-order valence-electron chi connectivity index (χ1n) is 9.41. The fourth-order valence-corrected chi connectivity index (χ4v) is 4.00. The summed E-state index contributed by atoms with van der Waals surface area (Å²) in [5, 5.41) is 0. The van der Waals surface area contributed by atoms with E-state index in [4.69, 9.17) is 26.4 Å². The number of carbonyl (C=O) groups is 2. The second-order valence-corrected chi connectivity index (χ2v) is 7.78. The van der Waals surface area contributed by atoms with E-state index in [0.29, 0.717) is 33.9 Å². The van der Waals surface area contributed by atoms with Crippen LogP contribution in [0.3, 0.4) is 0 Å². The molecule has 1 heterocycles. The maximum atomic E-state index is 12.9. The summed E-state index contributed by atoms with van der Waals surface area (Å²) in [7, 11) is 0. The van der Waals surface area contributed by atoms with Crippen LogP contribution in [0.15, 0.2) is 53.4 Å². The van der Waals surface area contributed by atoms with Gasteiger partial charge in [-0.2, -0.15) is 0 Å². The van der Waals surface area contributed by atoms with Crippen molar-refractivity contribution < 1.29 is 23.8 Å². The molecular weight excluding hydrogens is 422 g/mol. The number of ether oxygens (including phenoxy) is 3. The number of thiocarbonyl (C=S) groups is 1. The highest BCUT2D eigenvalue weighted by atomic mass is 32.2. The van der Waals surface area contributed by atoms with Gasteiger partial charge in [0.05, 0.1) is 23.8 Å². The zero-order chi connectivity index (χ0) is 21.5. The minimum absolute atomic E-state index is 0.145. The van der Waals surface area contributed by atoms with Gasteiger partial charge in [0, 0.05) is 0 Å². The molecule has 0 unspecified atom stereocenters. The molecule has 1 saturated heterocycles. The topological polar surface area (TPSA) is 65.1 Å². The number of rotatable bonds is 8. The largest absolute Gasteiger partial charge is 0.494 e. The average Bonchev–Trinajstić information content (AvgIpc) is 3.01. The van der Waals surface area contributed by atoms with Crippen molar-refractivity contribution in [1.82, 2.24) is 0 Å². The Labute approximate surface area is 184 Å². The second-order valence-electron chi connectivity index (χ2n) is 6.11. The van der Waals surface area contributed by atoms with Crippen molar-refractivity contribution >= 4 is 51.9 Å². The molecule has 0 N–H and O–H groups in total. The molecule has 1 amide bonds. The lowest BCUT2D eigenvalue weighted by Gasteiger charge is -2.15. The Morgan fingerprint density at radius 3 is 2.27 bits per heavy atom. The number of anilines is 1. The number of benzene rings is 2. The van der Waals surface area contributed by atoms with Crippen molar-refractivity contribution in [3.63, 3.8) is 0 Å². The maximum absolute atomic E-state index is 12.9. The van der Waals surface area contributed by atoms with Crippen LogP contribution in [0.25, 0.3) is 6.08 Å². The summed E-state index contributed by atoms with van der Waals surface area (Å²) < 4.78 is 16.1. The quantitative estimate of drug-likeness (QED) is 0.340. The normalized spacial score (nSPS) is 14.9. The SMILES string of the molecule is CCOC(=O)COc1ccc(/C=C2\SC(=S)N(c3ccc(OCC)cc3)C2=O)cc1. The maximum Gasteiger partial charge on any atom is 0.344 e. The number of hydrogen-bond donors (Lipinski definition) is 0. The summed E-state index contributed by atoms with van der Waals surface area (Å²) in [5.41, 5.74) is 1.53. The van der Waals surface area contributed by atoms with E-state index in [0.717, 1.165) is 11.3 Å². The molecule has 6 nitrogen and oxygen atoms in total. The van der Waals surface area contributed by atoms with Gasteiger partial charge in [0.25, 0.3) is 5.91 Å². The molecule has 1 aliphatic rings. The first kappa shape index (κ1) is 21.9. The van der Waals surface area contributed by atoms with Crippen LogP contribution >= 0.6 is 24.0 Å². The Bertz CT molecular complexity index is 954. The zero-order valence-electron chi connectivity index (χ0n) is 16.6. The van der Waals surface area contributed by atoms with Crippen LogP contribution in [0.5, 0.6) is 11.5 Å². The monoisotopic (exact) mass is 443 g/mol. The summed E-state index contributed by atoms with van der Waals surface area (Å²) in [4.78, 5) is 26.3. The molecule has 30 heavy (non-hydrogen) atoms. The van der Waals surface area contributed by atoms with Gasteiger partial charge in [-0.15, -0.1) is 0 Å². The number of hydrogen-bond acceptors (Lipinski definition) is 7. The van der Waals surface area contributed by atoms with E-state index in [1.807, 2.05) is 43.3 Å². The van der Waals surface area contributed by atoms with Crippen molar-refractivity contribution in [2.45, 2.75) is 13.8 Å². The van der Waals surface area contributed by atoms with E-state index in [1.54, 1.807) is 25.1 Å². The standard InChI is InChI=1S/C22H21NO5S2/c1-3-26-17-11-7-16(8-12-17)23-21(25)19(30-22(23)29)13-15-5-9-18(10-6-15)28-14-20(24)27-4-2/h5-13H,3-4,14H2,1-2H3/b19-13-. The lowest BCUT2D eigenvalue weighted by Crippen LogP contribution is -2.27. The summed E-state index contributed by atoms with van der Waals surface area (Å²) in [6.07, 6.45) is 1.78. The summed E-state index contributed by atoms with van der Waals surface area (Å²) in [5.74, 6) is 0.700. The van der Waals surface area contributed by atoms with Crippen LogP contribution in [-0.2, 0) is 14.3 Å². The summed E-state index contributed by atoms with van der Waals surface area (Å²) >= 11 is 6.67. The van der Waals surface area contributed by atoms with Crippen molar-refractivity contribution in [1.29, 1.82) is 0 Å². The molecule has 0 atom stereocenters. The number of esters is 1. The molecule has 0 spiro atoms. The number of nitrogens with zero attached hydrogens (tertiary/aromatic N) is 1. The van der Waals surface area contributed by atoms with E-state index in [2.05, 4.69) is 0 Å². The van der Waals surface area contributed by atoms with Gasteiger partial charge >= 0.3 is 5.97 Å². The van der Waals surface area contributed by atoms with Gasteiger partial charge in [-0.1, -0.05) is 36.1 Å². The average molecular weight is 444 g/mol. The van der Waals surface area contributed by atoms with Gasteiger partial charge in [0.1, 0.15) is 11.5 Å². The van der Waals surface area contributed by atoms with Gasteiger partial charge in [-0.05, 0) is 61.9 Å². The highest BCUT2D eigenvalue weighted by Crippen LogP contribution is 2.36. The predicted octanol–water partition coefficient (Wildman–Crippen LogP) is 4.43. The predicted molar refractivity (Wildman–Crippen MR) is 122 cm³/mol. The molecule has 0 aliphatic carbocycles. The van der Waals surface area contributed by atoms with E-state index >= 15 is 0 Å². The molecule has 8 heteroatoms. The van der Waals surface area contributed by atoms with Gasteiger partial charge in [-0.25, -0.2) is 4.79 Å². The molecule has 0 radical (unpaired) electrons. The fraction of sp³-hybridized carbons (Fsp3) is 0.227. The summed E-state index contributed by atoms with van der Waals surface area (Å²) in [6.45, 7) is 4.41. The van der Waals surface area contributed by atoms with E-state index in [1.165, 1.54) is 16.7 Å². The van der Waals surface area contributed by atoms with Crippen LogP contribution in [0.4, 0.5) is 5.69 Å². The number of carbonyl (C=O) groups excluding carboxylic acids is 2. The molecule has 2 aromatic rings. The summed E-state index contributed by atoms with van der Waals surface area (Å²) in [6, 6.07) is 14.3. The molecule has 0 aromatic heterocycles. The van der Waals surface area contributed by atoms with E-state index in [9.17, 15) is 9.59 Å². The first-order valence-corrected chi connectivity index (χ1v) is 10.6. The molecule has 0 saturated carbocycles. The van der Waals surface area contributed by atoms with Crippen LogP contribution in [0.1, 0.15) is 19.4 Å². The van der Waals surface area contributed by atoms with Crippen molar-refractivity contribution in [3.05, 3.63) is 59.0 Å². The van der Waals surface area contributed by atoms with Crippen molar-refractivity contribution in [2.24, 2.45) is 0 Å². The van der Waals surface area contributed by atoms with Crippen LogP contribution < -0.4 is 14.4 Å². The third-order valence-corrected chi connectivity index (χ3v) is 5.34. The van der Waals surface area contributed by atoms with Crippen LogP contribution in [0, 0.1) is 0 Å². The Morgan fingerprint density at radius 2 is 1.63 bits per heavy atom. The zero-order valence-corrected chi connectivity index (χ0v) is 18.3. The van der Waals surface area contributed by atoms with E-state index in [-0.39, 0.29) is 12.5 Å². The van der Waals surface area contributed by atoms with Crippen LogP contribution in [0.2, 0.25) is 0 Å². The minimum atomic E-state index is -0.417. The Hall–Kier alpha value is -2.84. The Kier molecular flexibility index (Phi) is 7.48. The van der Waals surface area contributed by atoms with E-state index < -0.39 is 5.97 Å². The van der Waals surface area contributed by atoms with Gasteiger partial charge < -0.3 is 14.2 Å². The van der Waals surface area contributed by atoms with Crippen LogP contribution in [-0.4, -0.2) is 36.0 Å². The van der Waals surface area contributed by atoms with Gasteiger partial charge in [0.15, 0.2) is 10.9 Å². The number of thioether (sulfide) groups is 1. The highest BCUT2D eigenvalue weighted by molar-refractivity contribution is 8.27. The Morgan fingerprint density at radius 1 is 1.00 bits per heavy atom. The molecule has 1 fully saturated rings. The minimum Gasteiger partial charge on any atom is -0.494 e. The lowest BCUT2D eigenvalue weighted by atomic mass is 10.2.